The summed E-state index contributed by atoms with van der Waals surface area (Å²) in [5, 5.41) is 13.3. The van der Waals surface area contributed by atoms with E-state index in [9.17, 15) is 4.79 Å². The van der Waals surface area contributed by atoms with Gasteiger partial charge in [0, 0.05) is 17.6 Å². The Hall–Kier alpha value is -1.97. The summed E-state index contributed by atoms with van der Waals surface area (Å²) < 4.78 is 0. The molecule has 0 saturated carbocycles. The molecule has 0 radical (unpaired) electrons. The Kier molecular flexibility index (Phi) is 2.11. The predicted molar refractivity (Wildman–Crippen MR) is 66.7 cm³/mol. The summed E-state index contributed by atoms with van der Waals surface area (Å²) in [5.41, 5.74) is 3.57. The molecular formula is C13H14N2O2. The molecule has 1 aromatic heterocycles. The molecule has 0 saturated heterocycles. The first-order valence-corrected chi connectivity index (χ1v) is 5.79. The average molecular weight is 230 g/mol. The lowest BCUT2D eigenvalue weighted by atomic mass is 9.97. The van der Waals surface area contributed by atoms with E-state index in [2.05, 4.69) is 17.2 Å². The number of aromatic nitrogens is 1. The number of fused-ring (bicyclic) bond motifs is 3. The van der Waals surface area contributed by atoms with Gasteiger partial charge in [-0.15, -0.1) is 0 Å². The maximum atomic E-state index is 11.1. The van der Waals surface area contributed by atoms with E-state index >= 15 is 0 Å². The molecule has 1 aliphatic rings. The third-order valence-electron chi connectivity index (χ3n) is 3.41. The monoisotopic (exact) mass is 230 g/mol. The number of aryl methyl sites for hydroxylation is 1. The van der Waals surface area contributed by atoms with Crippen LogP contribution in [0.25, 0.3) is 10.9 Å². The van der Waals surface area contributed by atoms with Crippen LogP contribution in [-0.4, -0.2) is 22.1 Å². The molecule has 0 aliphatic carbocycles. The Labute approximate surface area is 98.6 Å². The summed E-state index contributed by atoms with van der Waals surface area (Å²) in [5.74, 6) is -0.889. The van der Waals surface area contributed by atoms with Crippen molar-refractivity contribution in [3.8, 4) is 0 Å². The lowest BCUT2D eigenvalue weighted by Crippen LogP contribution is -2.22. The molecule has 3 N–H and O–H groups in total. The Balaban J connectivity index is 2.25. The Morgan fingerprint density at radius 2 is 2.29 bits per heavy atom. The van der Waals surface area contributed by atoms with Gasteiger partial charge in [-0.2, -0.15) is 0 Å². The number of carbonyl (C=O) groups is 1. The lowest BCUT2D eigenvalue weighted by Gasteiger charge is -2.24. The van der Waals surface area contributed by atoms with Crippen LogP contribution in [0.5, 0.6) is 0 Å². The molecule has 1 atom stereocenters. The van der Waals surface area contributed by atoms with Crippen LogP contribution in [0, 0.1) is 0 Å². The number of aromatic amines is 1. The van der Waals surface area contributed by atoms with E-state index < -0.39 is 5.97 Å². The van der Waals surface area contributed by atoms with Gasteiger partial charge in [0.1, 0.15) is 0 Å². The summed E-state index contributed by atoms with van der Waals surface area (Å²) >= 11 is 0. The topological polar surface area (TPSA) is 65.1 Å². The normalized spacial score (nSPS) is 18.8. The van der Waals surface area contributed by atoms with E-state index in [1.165, 1.54) is 5.56 Å². The van der Waals surface area contributed by atoms with Gasteiger partial charge in [0.05, 0.1) is 16.8 Å². The van der Waals surface area contributed by atoms with Gasteiger partial charge < -0.3 is 15.4 Å². The summed E-state index contributed by atoms with van der Waals surface area (Å²) in [6.07, 6.45) is 3.72. The lowest BCUT2D eigenvalue weighted by molar-refractivity contribution is 0.0699. The highest BCUT2D eigenvalue weighted by Crippen LogP contribution is 2.33. The number of nitrogens with one attached hydrogen (secondary N) is 2. The van der Waals surface area contributed by atoms with E-state index in [0.717, 1.165) is 29.4 Å². The zero-order chi connectivity index (χ0) is 12.0. The van der Waals surface area contributed by atoms with E-state index in [-0.39, 0.29) is 0 Å². The van der Waals surface area contributed by atoms with Gasteiger partial charge in [-0.1, -0.05) is 12.1 Å². The number of aromatic carboxylic acids is 1. The number of hydrogen-bond donors (Lipinski definition) is 3. The van der Waals surface area contributed by atoms with Crippen molar-refractivity contribution >= 4 is 22.6 Å². The Bertz CT molecular complexity index is 601. The first-order valence-electron chi connectivity index (χ1n) is 5.79. The summed E-state index contributed by atoms with van der Waals surface area (Å²) in [6, 6.07) is 4.35. The zero-order valence-corrected chi connectivity index (χ0v) is 9.58. The Morgan fingerprint density at radius 1 is 1.47 bits per heavy atom. The van der Waals surface area contributed by atoms with Crippen LogP contribution in [0.15, 0.2) is 18.3 Å². The predicted octanol–water partition coefficient (Wildman–Crippen LogP) is 2.61. The molecule has 4 nitrogen and oxygen atoms in total. The second-order valence-corrected chi connectivity index (χ2v) is 4.61. The van der Waals surface area contributed by atoms with Crippen LogP contribution in [0.2, 0.25) is 0 Å². The average Bonchev–Trinajstić information content (AvgIpc) is 2.72. The van der Waals surface area contributed by atoms with E-state index in [4.69, 9.17) is 5.11 Å². The standard InChI is InChI=1S/C13H14N2O2/c1-7-2-3-8-4-5-9-10(13(16)17)6-14-12(9)11(8)15-7/h4-7,14-15H,2-3H2,1H3,(H,16,17). The smallest absolute Gasteiger partial charge is 0.337 e. The fraction of sp³-hybridized carbons (Fsp3) is 0.308. The van der Waals surface area contributed by atoms with Crippen LogP contribution < -0.4 is 5.32 Å². The summed E-state index contributed by atoms with van der Waals surface area (Å²) in [4.78, 5) is 14.1. The van der Waals surface area contributed by atoms with Gasteiger partial charge in [0.15, 0.2) is 0 Å². The zero-order valence-electron chi connectivity index (χ0n) is 9.58. The minimum absolute atomic E-state index is 0.336. The quantitative estimate of drug-likeness (QED) is 0.705. The highest BCUT2D eigenvalue weighted by Gasteiger charge is 2.19. The van der Waals surface area contributed by atoms with Crippen LogP contribution in [0.1, 0.15) is 29.3 Å². The van der Waals surface area contributed by atoms with Crippen molar-refractivity contribution in [2.75, 3.05) is 5.32 Å². The SMILES string of the molecule is CC1CCc2ccc3c(C(=O)O)c[nH]c3c2N1. The van der Waals surface area contributed by atoms with Crippen LogP contribution in [-0.2, 0) is 6.42 Å². The molecule has 1 aromatic carbocycles. The number of hydrogen-bond acceptors (Lipinski definition) is 2. The van der Waals surface area contributed by atoms with Crippen molar-refractivity contribution in [1.82, 2.24) is 4.98 Å². The fourth-order valence-electron chi connectivity index (χ4n) is 2.48. The van der Waals surface area contributed by atoms with Gasteiger partial charge in [-0.3, -0.25) is 0 Å². The van der Waals surface area contributed by atoms with Crippen LogP contribution in [0.3, 0.4) is 0 Å². The minimum Gasteiger partial charge on any atom is -0.478 e. The highest BCUT2D eigenvalue weighted by molar-refractivity contribution is 6.07. The molecule has 1 aliphatic heterocycles. The molecule has 4 heteroatoms. The molecule has 2 aromatic rings. The molecule has 3 rings (SSSR count). The summed E-state index contributed by atoms with van der Waals surface area (Å²) in [7, 11) is 0. The van der Waals surface area contributed by atoms with Gasteiger partial charge in [0.25, 0.3) is 0 Å². The maximum Gasteiger partial charge on any atom is 0.337 e. The number of benzene rings is 1. The molecule has 17 heavy (non-hydrogen) atoms. The molecule has 88 valence electrons. The number of carboxylic acids is 1. The molecular weight excluding hydrogens is 216 g/mol. The van der Waals surface area contributed by atoms with Crippen molar-refractivity contribution in [1.29, 1.82) is 0 Å². The minimum atomic E-state index is -0.889. The Morgan fingerprint density at radius 3 is 3.06 bits per heavy atom. The number of anilines is 1. The first-order chi connectivity index (χ1) is 8.16. The van der Waals surface area contributed by atoms with Gasteiger partial charge in [0.2, 0.25) is 0 Å². The highest BCUT2D eigenvalue weighted by atomic mass is 16.4. The van der Waals surface area contributed by atoms with Crippen molar-refractivity contribution < 1.29 is 9.90 Å². The first kappa shape index (κ1) is 10.2. The van der Waals surface area contributed by atoms with E-state index in [1.807, 2.05) is 12.1 Å². The maximum absolute atomic E-state index is 11.1. The van der Waals surface area contributed by atoms with Crippen molar-refractivity contribution in [2.24, 2.45) is 0 Å². The van der Waals surface area contributed by atoms with Crippen LogP contribution in [0.4, 0.5) is 5.69 Å². The third kappa shape index (κ3) is 1.48. The van der Waals surface area contributed by atoms with E-state index in [0.29, 0.717) is 11.6 Å². The second kappa shape index (κ2) is 3.52. The van der Waals surface area contributed by atoms with Crippen molar-refractivity contribution in [3.05, 3.63) is 29.5 Å². The van der Waals surface area contributed by atoms with Crippen molar-refractivity contribution in [3.63, 3.8) is 0 Å². The molecule has 0 fully saturated rings. The molecule has 0 amide bonds. The number of H-pyrrole nitrogens is 1. The summed E-state index contributed by atoms with van der Waals surface area (Å²) in [6.45, 7) is 2.14. The van der Waals surface area contributed by atoms with E-state index in [1.54, 1.807) is 6.20 Å². The van der Waals surface area contributed by atoms with Gasteiger partial charge in [-0.25, -0.2) is 4.79 Å². The largest absolute Gasteiger partial charge is 0.478 e. The molecule has 0 spiro atoms. The molecule has 2 heterocycles. The van der Waals surface area contributed by atoms with Crippen molar-refractivity contribution in [2.45, 2.75) is 25.8 Å². The number of carboxylic acid groups (broad SMARTS) is 1. The van der Waals surface area contributed by atoms with Gasteiger partial charge in [-0.05, 0) is 25.3 Å². The van der Waals surface area contributed by atoms with Crippen LogP contribution >= 0.6 is 0 Å². The van der Waals surface area contributed by atoms with Gasteiger partial charge >= 0.3 is 5.97 Å². The fourth-order valence-corrected chi connectivity index (χ4v) is 2.48. The second-order valence-electron chi connectivity index (χ2n) is 4.61. The molecule has 1 unspecified atom stereocenters. The molecule has 0 bridgehead atoms. The number of rotatable bonds is 1. The third-order valence-corrected chi connectivity index (χ3v) is 3.41.